The summed E-state index contributed by atoms with van der Waals surface area (Å²) < 4.78 is 0. The normalized spacial score (nSPS) is 10.0. The van der Waals surface area contributed by atoms with Gasteiger partial charge in [0.25, 0.3) is 0 Å². The Bertz CT molecular complexity index is 570. The minimum atomic E-state index is -0.319. The van der Waals surface area contributed by atoms with Crippen LogP contribution in [0.15, 0.2) is 48.5 Å². The summed E-state index contributed by atoms with van der Waals surface area (Å²) in [5.74, 6) is 0.453. The number of carbonyl (C=O) groups excluding carboxylic acids is 1. The summed E-state index contributed by atoms with van der Waals surface area (Å²) in [5.41, 5.74) is 2.35. The van der Waals surface area contributed by atoms with E-state index in [1.54, 1.807) is 36.4 Å². The molecular weight excluding hydrogens is 283 g/mol. The molecule has 0 aliphatic heterocycles. The number of benzene rings is 2. The first-order chi connectivity index (χ1) is 9.17. The van der Waals surface area contributed by atoms with Gasteiger partial charge in [0.1, 0.15) is 0 Å². The highest BCUT2D eigenvalue weighted by Gasteiger charge is 2.03. The van der Waals surface area contributed by atoms with Gasteiger partial charge >= 0.3 is 6.03 Å². The molecule has 0 radical (unpaired) electrons. The van der Waals surface area contributed by atoms with E-state index in [1.807, 2.05) is 12.1 Å². The standard InChI is InChI=1S/C14H12Cl2N2O/c15-9-10-4-6-12(7-5-10)17-14(19)18-13-3-1-2-11(16)8-13/h1-8H,9H2,(H2,17,18,19). The molecule has 98 valence electrons. The molecule has 2 aromatic carbocycles. The van der Waals surface area contributed by atoms with Crippen molar-refractivity contribution in [1.82, 2.24) is 0 Å². The lowest BCUT2D eigenvalue weighted by Crippen LogP contribution is -2.19. The van der Waals surface area contributed by atoms with Crippen molar-refractivity contribution in [3.05, 3.63) is 59.1 Å². The van der Waals surface area contributed by atoms with E-state index in [0.29, 0.717) is 22.3 Å². The van der Waals surface area contributed by atoms with Gasteiger partial charge in [-0.2, -0.15) is 0 Å². The molecule has 0 aliphatic rings. The number of hydrogen-bond donors (Lipinski definition) is 2. The molecule has 0 spiro atoms. The Morgan fingerprint density at radius 3 is 2.32 bits per heavy atom. The lowest BCUT2D eigenvalue weighted by molar-refractivity contribution is 0.262. The van der Waals surface area contributed by atoms with Gasteiger partial charge in [-0.15, -0.1) is 11.6 Å². The van der Waals surface area contributed by atoms with Gasteiger partial charge in [-0.3, -0.25) is 0 Å². The minimum absolute atomic E-state index is 0.319. The van der Waals surface area contributed by atoms with Crippen LogP contribution in [0.25, 0.3) is 0 Å². The fourth-order valence-corrected chi connectivity index (χ4v) is 1.91. The van der Waals surface area contributed by atoms with Gasteiger partial charge in [-0.1, -0.05) is 29.8 Å². The molecule has 2 amide bonds. The number of carbonyl (C=O) groups is 1. The van der Waals surface area contributed by atoms with E-state index in [0.717, 1.165) is 5.56 Å². The van der Waals surface area contributed by atoms with Crippen LogP contribution in [0.4, 0.5) is 16.2 Å². The predicted octanol–water partition coefficient (Wildman–Crippen LogP) is 4.72. The molecule has 0 aliphatic carbocycles. The molecule has 19 heavy (non-hydrogen) atoms. The Morgan fingerprint density at radius 1 is 1.00 bits per heavy atom. The van der Waals surface area contributed by atoms with E-state index in [4.69, 9.17) is 23.2 Å². The number of nitrogens with one attached hydrogen (secondary N) is 2. The average molecular weight is 295 g/mol. The number of hydrogen-bond acceptors (Lipinski definition) is 1. The fourth-order valence-electron chi connectivity index (χ4n) is 1.54. The first-order valence-corrected chi connectivity index (χ1v) is 6.57. The zero-order valence-electron chi connectivity index (χ0n) is 9.99. The third-order valence-corrected chi connectivity index (χ3v) is 2.99. The highest BCUT2D eigenvalue weighted by Crippen LogP contribution is 2.16. The maximum Gasteiger partial charge on any atom is 0.323 e. The van der Waals surface area contributed by atoms with Crippen LogP contribution in [0.2, 0.25) is 5.02 Å². The van der Waals surface area contributed by atoms with E-state index in [-0.39, 0.29) is 6.03 Å². The van der Waals surface area contributed by atoms with Gasteiger partial charge in [0.2, 0.25) is 0 Å². The number of rotatable bonds is 3. The molecule has 0 aromatic heterocycles. The van der Waals surface area contributed by atoms with Crippen molar-refractivity contribution < 1.29 is 4.79 Å². The van der Waals surface area contributed by atoms with Crippen molar-refractivity contribution in [3.63, 3.8) is 0 Å². The third kappa shape index (κ3) is 4.16. The summed E-state index contributed by atoms with van der Waals surface area (Å²) in [6, 6.07) is 14.0. The molecule has 2 N–H and O–H groups in total. The molecule has 0 atom stereocenters. The smallest absolute Gasteiger partial charge is 0.308 e. The van der Waals surface area contributed by atoms with Crippen LogP contribution in [0.1, 0.15) is 5.56 Å². The highest BCUT2D eigenvalue weighted by molar-refractivity contribution is 6.30. The van der Waals surface area contributed by atoms with Gasteiger partial charge < -0.3 is 10.6 Å². The Kier molecular flexibility index (Phi) is 4.66. The van der Waals surface area contributed by atoms with E-state index in [9.17, 15) is 4.79 Å². The maximum atomic E-state index is 11.8. The average Bonchev–Trinajstić information content (AvgIpc) is 2.39. The van der Waals surface area contributed by atoms with Crippen molar-refractivity contribution in [1.29, 1.82) is 0 Å². The van der Waals surface area contributed by atoms with Crippen LogP contribution in [0, 0.1) is 0 Å². The van der Waals surface area contributed by atoms with Crippen LogP contribution >= 0.6 is 23.2 Å². The van der Waals surface area contributed by atoms with Crippen molar-refractivity contribution in [2.45, 2.75) is 5.88 Å². The number of alkyl halides is 1. The number of urea groups is 1. The molecule has 0 unspecified atom stereocenters. The largest absolute Gasteiger partial charge is 0.323 e. The Morgan fingerprint density at radius 2 is 1.68 bits per heavy atom. The quantitative estimate of drug-likeness (QED) is 0.790. The summed E-state index contributed by atoms with van der Waals surface area (Å²) in [4.78, 5) is 11.8. The maximum absolute atomic E-state index is 11.8. The van der Waals surface area contributed by atoms with Crippen molar-refractivity contribution in [3.8, 4) is 0 Å². The Balaban J connectivity index is 1.97. The Hall–Kier alpha value is -1.71. The van der Waals surface area contributed by atoms with Crippen molar-refractivity contribution >= 4 is 40.6 Å². The summed E-state index contributed by atoms with van der Waals surface area (Å²) in [6.07, 6.45) is 0. The summed E-state index contributed by atoms with van der Waals surface area (Å²) in [7, 11) is 0. The molecule has 0 heterocycles. The molecule has 3 nitrogen and oxygen atoms in total. The van der Waals surface area contributed by atoms with E-state index >= 15 is 0 Å². The molecule has 0 fully saturated rings. The second-order valence-corrected chi connectivity index (χ2v) is 4.62. The summed E-state index contributed by atoms with van der Waals surface area (Å²) >= 11 is 11.5. The van der Waals surface area contributed by atoms with E-state index in [2.05, 4.69) is 10.6 Å². The van der Waals surface area contributed by atoms with Crippen LogP contribution < -0.4 is 10.6 Å². The SMILES string of the molecule is O=C(Nc1ccc(CCl)cc1)Nc1cccc(Cl)c1. The molecule has 2 rings (SSSR count). The number of anilines is 2. The fraction of sp³-hybridized carbons (Fsp3) is 0.0714. The molecular formula is C14H12Cl2N2O. The molecule has 0 saturated carbocycles. The van der Waals surface area contributed by atoms with Crippen LogP contribution in [0.3, 0.4) is 0 Å². The van der Waals surface area contributed by atoms with Crippen LogP contribution in [-0.2, 0) is 5.88 Å². The highest BCUT2D eigenvalue weighted by atomic mass is 35.5. The molecule has 0 saturated heterocycles. The van der Waals surface area contributed by atoms with Gasteiger partial charge in [-0.25, -0.2) is 4.79 Å². The van der Waals surface area contributed by atoms with Gasteiger partial charge in [0.15, 0.2) is 0 Å². The van der Waals surface area contributed by atoms with Gasteiger partial charge in [0.05, 0.1) is 0 Å². The Labute approximate surface area is 121 Å². The second kappa shape index (κ2) is 6.45. The zero-order chi connectivity index (χ0) is 13.7. The van der Waals surface area contributed by atoms with Crippen molar-refractivity contribution in [2.75, 3.05) is 10.6 Å². The van der Waals surface area contributed by atoms with E-state index in [1.165, 1.54) is 0 Å². The van der Waals surface area contributed by atoms with Gasteiger partial charge in [-0.05, 0) is 35.9 Å². The monoisotopic (exact) mass is 294 g/mol. The molecule has 0 bridgehead atoms. The minimum Gasteiger partial charge on any atom is -0.308 e. The molecule has 2 aromatic rings. The first-order valence-electron chi connectivity index (χ1n) is 5.66. The summed E-state index contributed by atoms with van der Waals surface area (Å²) in [5, 5.41) is 6.00. The number of amides is 2. The lowest BCUT2D eigenvalue weighted by atomic mass is 10.2. The van der Waals surface area contributed by atoms with Gasteiger partial charge in [0, 0.05) is 22.3 Å². The second-order valence-electron chi connectivity index (χ2n) is 3.92. The first kappa shape index (κ1) is 13.7. The van der Waals surface area contributed by atoms with Crippen LogP contribution in [0.5, 0.6) is 0 Å². The van der Waals surface area contributed by atoms with Crippen molar-refractivity contribution in [2.24, 2.45) is 0 Å². The van der Waals surface area contributed by atoms with E-state index < -0.39 is 0 Å². The topological polar surface area (TPSA) is 41.1 Å². The summed E-state index contributed by atoms with van der Waals surface area (Å²) in [6.45, 7) is 0. The predicted molar refractivity (Wildman–Crippen MR) is 80.1 cm³/mol. The third-order valence-electron chi connectivity index (χ3n) is 2.45. The molecule has 5 heteroatoms. The zero-order valence-corrected chi connectivity index (χ0v) is 11.5. The van der Waals surface area contributed by atoms with Crippen LogP contribution in [-0.4, -0.2) is 6.03 Å². The number of halogens is 2. The lowest BCUT2D eigenvalue weighted by Gasteiger charge is -2.08.